The van der Waals surface area contributed by atoms with Gasteiger partial charge in [0.05, 0.1) is 30.7 Å². The molecule has 1 saturated heterocycles. The Hall–Kier alpha value is -3.85. The first-order valence-corrected chi connectivity index (χ1v) is 15.1. The highest BCUT2D eigenvalue weighted by Crippen LogP contribution is 2.35. The fraction of sp³-hybridized carbons (Fsp3) is 0.485. The molecular formula is C33H43N5O4. The molecule has 2 aromatic carbocycles. The number of hydrogen-bond acceptors (Lipinski definition) is 5. The highest BCUT2D eigenvalue weighted by atomic mass is 16.5. The molecular weight excluding hydrogens is 530 g/mol. The molecule has 1 saturated carbocycles. The largest absolute Gasteiger partial charge is 0.494 e. The first-order valence-electron chi connectivity index (χ1n) is 15.1. The number of benzene rings is 2. The average molecular weight is 574 g/mol. The van der Waals surface area contributed by atoms with Gasteiger partial charge in [0.15, 0.2) is 5.69 Å². The van der Waals surface area contributed by atoms with Gasteiger partial charge in [-0.05, 0) is 36.0 Å². The van der Waals surface area contributed by atoms with E-state index >= 15 is 0 Å². The number of carboxylic acid groups (broad SMARTS) is 1. The minimum absolute atomic E-state index is 0.0371. The summed E-state index contributed by atoms with van der Waals surface area (Å²) in [5.74, 6) is 0.721. The van der Waals surface area contributed by atoms with E-state index in [1.165, 1.54) is 5.56 Å². The highest BCUT2D eigenvalue weighted by Gasteiger charge is 2.35. The van der Waals surface area contributed by atoms with Crippen molar-refractivity contribution in [1.82, 2.24) is 25.1 Å². The van der Waals surface area contributed by atoms with Gasteiger partial charge in [0.1, 0.15) is 5.75 Å². The van der Waals surface area contributed by atoms with Gasteiger partial charge in [-0.25, -0.2) is 9.78 Å². The van der Waals surface area contributed by atoms with Crippen LogP contribution in [0.4, 0.5) is 4.79 Å². The van der Waals surface area contributed by atoms with Crippen molar-refractivity contribution in [3.05, 3.63) is 72.2 Å². The van der Waals surface area contributed by atoms with Crippen molar-refractivity contribution in [3.63, 3.8) is 0 Å². The van der Waals surface area contributed by atoms with Gasteiger partial charge in [0, 0.05) is 37.7 Å². The molecule has 0 bridgehead atoms. The third-order valence-corrected chi connectivity index (χ3v) is 8.49. The quantitative estimate of drug-likeness (QED) is 0.329. The number of aromatic nitrogens is 2. The van der Waals surface area contributed by atoms with Crippen LogP contribution in [0.15, 0.2) is 60.9 Å². The molecule has 2 heterocycles. The Morgan fingerprint density at radius 2 is 1.81 bits per heavy atom. The van der Waals surface area contributed by atoms with Crippen molar-refractivity contribution in [2.24, 2.45) is 0 Å². The summed E-state index contributed by atoms with van der Waals surface area (Å²) in [4.78, 5) is 32.4. The molecule has 9 heteroatoms. The Kier molecular flexibility index (Phi) is 9.16. The van der Waals surface area contributed by atoms with Crippen molar-refractivity contribution < 1.29 is 19.4 Å². The van der Waals surface area contributed by atoms with Crippen LogP contribution in [0.25, 0.3) is 11.3 Å². The summed E-state index contributed by atoms with van der Waals surface area (Å²) in [6.45, 7) is 9.05. The van der Waals surface area contributed by atoms with E-state index in [1.54, 1.807) is 6.33 Å². The predicted molar refractivity (Wildman–Crippen MR) is 163 cm³/mol. The number of nitrogens with zero attached hydrogens (tertiary/aromatic N) is 3. The number of hydrogen-bond donors (Lipinski definition) is 3. The zero-order valence-corrected chi connectivity index (χ0v) is 24.9. The lowest BCUT2D eigenvalue weighted by molar-refractivity contribution is 0.0601. The van der Waals surface area contributed by atoms with Crippen molar-refractivity contribution in [1.29, 1.82) is 0 Å². The molecule has 1 aromatic heterocycles. The normalized spacial score (nSPS) is 21.1. The topological polar surface area (TPSA) is 109 Å². The molecule has 9 nitrogen and oxygen atoms in total. The number of piperazine rings is 1. The third-order valence-electron chi connectivity index (χ3n) is 8.49. The number of carbonyl (C=O) groups is 2. The van der Waals surface area contributed by atoms with Gasteiger partial charge in [-0.2, -0.15) is 0 Å². The maximum atomic E-state index is 14.2. The van der Waals surface area contributed by atoms with Crippen molar-refractivity contribution in [2.75, 3.05) is 26.2 Å². The summed E-state index contributed by atoms with van der Waals surface area (Å²) in [6.07, 6.45) is 4.92. The molecule has 2 amide bonds. The molecule has 2 fully saturated rings. The smallest absolute Gasteiger partial charge is 0.404 e. The van der Waals surface area contributed by atoms with Crippen molar-refractivity contribution in [2.45, 2.75) is 76.4 Å². The number of amides is 2. The highest BCUT2D eigenvalue weighted by molar-refractivity contribution is 5.98. The summed E-state index contributed by atoms with van der Waals surface area (Å²) in [5.41, 5.74) is 3.40. The van der Waals surface area contributed by atoms with Crippen LogP contribution in [0.1, 0.15) is 75.0 Å². The first kappa shape index (κ1) is 29.6. The second kappa shape index (κ2) is 13.0. The van der Waals surface area contributed by atoms with Crippen LogP contribution in [-0.2, 0) is 5.41 Å². The van der Waals surface area contributed by atoms with E-state index in [4.69, 9.17) is 9.72 Å². The van der Waals surface area contributed by atoms with Crippen LogP contribution >= 0.6 is 0 Å². The molecule has 1 aliphatic carbocycles. The molecule has 3 N–H and O–H groups in total. The summed E-state index contributed by atoms with van der Waals surface area (Å²) < 4.78 is 8.12. The van der Waals surface area contributed by atoms with Gasteiger partial charge >= 0.3 is 6.09 Å². The Bertz CT molecular complexity index is 1350. The van der Waals surface area contributed by atoms with Gasteiger partial charge < -0.3 is 29.9 Å². The lowest BCUT2D eigenvalue weighted by Gasteiger charge is -2.36. The van der Waals surface area contributed by atoms with Crippen LogP contribution in [0.5, 0.6) is 5.75 Å². The zero-order chi connectivity index (χ0) is 29.7. The SMILES string of the molecule is CC(C)(C)c1ccc(OCC[C@@H]2CNCCN2C(=O)c2ncn([C@H]3CCCC[C@@H]3NC(=O)O)c2-c2ccccc2)cc1. The van der Waals surface area contributed by atoms with Crippen LogP contribution < -0.4 is 15.4 Å². The van der Waals surface area contributed by atoms with E-state index < -0.39 is 6.09 Å². The molecule has 0 radical (unpaired) electrons. The van der Waals surface area contributed by atoms with Gasteiger partial charge in [-0.3, -0.25) is 4.79 Å². The van der Waals surface area contributed by atoms with E-state index in [9.17, 15) is 14.7 Å². The predicted octanol–water partition coefficient (Wildman–Crippen LogP) is 5.48. The van der Waals surface area contributed by atoms with Gasteiger partial charge in [0.25, 0.3) is 5.91 Å². The van der Waals surface area contributed by atoms with E-state index in [2.05, 4.69) is 43.5 Å². The van der Waals surface area contributed by atoms with E-state index in [1.807, 2.05) is 51.9 Å². The lowest BCUT2D eigenvalue weighted by Crippen LogP contribution is -2.54. The van der Waals surface area contributed by atoms with Crippen molar-refractivity contribution in [3.8, 4) is 17.0 Å². The monoisotopic (exact) mass is 573 g/mol. The van der Waals surface area contributed by atoms with Crippen LogP contribution in [-0.4, -0.2) is 69.9 Å². The second-order valence-corrected chi connectivity index (χ2v) is 12.4. The first-order chi connectivity index (χ1) is 20.2. The van der Waals surface area contributed by atoms with Crippen LogP contribution in [0, 0.1) is 0 Å². The summed E-state index contributed by atoms with van der Waals surface area (Å²) in [6, 6.07) is 17.7. The standard InChI is InChI=1S/C33H43N5O4/c1-33(2,3)24-13-15-26(16-14-24)42-20-17-25-21-34-18-19-37(25)31(39)29-30(23-9-5-4-6-10-23)38(22-35-29)28-12-8-7-11-27(28)36-32(40)41/h4-6,9-10,13-16,22,25,27-28,34,36H,7-8,11-12,17-21H2,1-3H3,(H,40,41)/t25-,27+,28+/m1/s1. The maximum Gasteiger partial charge on any atom is 0.404 e. The van der Waals surface area contributed by atoms with Gasteiger partial charge in [-0.15, -0.1) is 0 Å². The zero-order valence-electron chi connectivity index (χ0n) is 24.9. The molecule has 1 aliphatic heterocycles. The second-order valence-electron chi connectivity index (χ2n) is 12.4. The van der Waals surface area contributed by atoms with E-state index in [-0.39, 0.29) is 29.4 Å². The minimum atomic E-state index is -1.03. The molecule has 5 rings (SSSR count). The molecule has 3 aromatic rings. The summed E-state index contributed by atoms with van der Waals surface area (Å²) in [7, 11) is 0. The molecule has 3 atom stereocenters. The van der Waals surface area contributed by atoms with Crippen LogP contribution in [0.2, 0.25) is 0 Å². The summed E-state index contributed by atoms with van der Waals surface area (Å²) >= 11 is 0. The number of imidazole rings is 1. The molecule has 2 aliphatic rings. The van der Waals surface area contributed by atoms with Crippen molar-refractivity contribution >= 4 is 12.0 Å². The number of ether oxygens (including phenoxy) is 1. The fourth-order valence-electron chi connectivity index (χ4n) is 6.21. The lowest BCUT2D eigenvalue weighted by atomic mass is 9.87. The van der Waals surface area contributed by atoms with E-state index in [0.29, 0.717) is 38.4 Å². The molecule has 42 heavy (non-hydrogen) atoms. The third kappa shape index (κ3) is 6.78. The Morgan fingerprint density at radius 3 is 2.52 bits per heavy atom. The molecule has 224 valence electrons. The van der Waals surface area contributed by atoms with Crippen LogP contribution in [0.3, 0.4) is 0 Å². The maximum absolute atomic E-state index is 14.2. The number of nitrogens with one attached hydrogen (secondary N) is 2. The number of carbonyl (C=O) groups excluding carboxylic acids is 1. The molecule has 0 unspecified atom stereocenters. The van der Waals surface area contributed by atoms with Gasteiger partial charge in [-0.1, -0.05) is 76.1 Å². The summed E-state index contributed by atoms with van der Waals surface area (Å²) in [5, 5.41) is 15.6. The molecule has 0 spiro atoms. The number of rotatable bonds is 8. The van der Waals surface area contributed by atoms with E-state index in [0.717, 1.165) is 42.7 Å². The Labute approximate surface area is 248 Å². The van der Waals surface area contributed by atoms with Gasteiger partial charge in [0.2, 0.25) is 0 Å². The Morgan fingerprint density at radius 1 is 1.07 bits per heavy atom. The average Bonchev–Trinajstić information content (AvgIpc) is 3.42. The minimum Gasteiger partial charge on any atom is -0.494 e. The Balaban J connectivity index is 1.36. The fourth-order valence-corrected chi connectivity index (χ4v) is 6.21.